The molecule has 0 radical (unpaired) electrons. The molecule has 3 aliphatic carbocycles. The minimum absolute atomic E-state index is 0.00424. The van der Waals surface area contributed by atoms with Gasteiger partial charge in [-0.15, -0.1) is 10.2 Å². The zero-order valence-electron chi connectivity index (χ0n) is 56.9. The lowest BCUT2D eigenvalue weighted by Gasteiger charge is -2.49. The minimum atomic E-state index is -1.88. The molecule has 29 nitrogen and oxygen atoms in total. The van der Waals surface area contributed by atoms with Gasteiger partial charge < -0.3 is 94.7 Å². The van der Waals surface area contributed by atoms with Crippen molar-refractivity contribution in [1.82, 2.24) is 45.5 Å². The third-order valence-corrected chi connectivity index (χ3v) is 21.3. The lowest BCUT2D eigenvalue weighted by atomic mass is 9.74. The molecule has 11 N–H and O–H groups in total. The summed E-state index contributed by atoms with van der Waals surface area (Å²) in [5.74, 6) is -11.1. The van der Waals surface area contributed by atoms with Gasteiger partial charge >= 0.3 is 0 Å². The molecule has 4 saturated heterocycles. The van der Waals surface area contributed by atoms with Crippen LogP contribution in [0.4, 0.5) is 22.0 Å². The van der Waals surface area contributed by atoms with Gasteiger partial charge in [0.15, 0.2) is 48.0 Å². The zero-order valence-corrected chi connectivity index (χ0v) is 56.9. The standard InChI is InChI=1S/C68H92F5N9O20/c1-5-34-19-37(24-47(62(34)102-68-61(93)60(92)55(87)31(3)96-68)99-66-53(75-32(4)85)63(58(90)50(29-84)100-66)97-48(65(95)80-15-10-16-80)18-33-11-7-6-8-12-33)45(86)13-9-14-74-64(94)38-23-44(81-26-42(76-78-81)36-21-40(70)52(73)41(71)22-36)56(88)46(25-38)98-67-59(91)54(57(89)49(28-83)101-67)82-27-43(77-79-82)35-17-30(2)51(72)39(69)20-35/h17,20-22,26-27,31,33-34,37-38,44,46-50,53-63,66-68,83-84,87-93H,5-16,18-19,23-25,28-29H2,1-4H3,(H,74,94)(H,75,85)/t31?,34-,37?,38+,44?,46-,47-,48+,49?,50+,53?,54-,55-,56?,57+,58+,59?,60+,61?,62?,63?,66-,67-,68+/m1/s1. The molecular weight excluding hydrogens is 1360 g/mol. The Labute approximate surface area is 583 Å². The molecule has 4 aromatic rings. The maximum atomic E-state index is 14.7. The first kappa shape index (κ1) is 76.9. The number of aliphatic hydroxyl groups is 9. The second-order valence-corrected chi connectivity index (χ2v) is 28.2. The number of rotatable bonds is 25. The summed E-state index contributed by atoms with van der Waals surface area (Å²) < 4.78 is 118. The van der Waals surface area contributed by atoms with Crippen LogP contribution in [0.2, 0.25) is 0 Å². The van der Waals surface area contributed by atoms with Crippen molar-refractivity contribution in [1.29, 1.82) is 0 Å². The number of aryl methyl sites for hydroxylation is 1. The van der Waals surface area contributed by atoms with Crippen LogP contribution in [0.5, 0.6) is 0 Å². The van der Waals surface area contributed by atoms with Crippen molar-refractivity contribution < 1.29 is 120 Å². The summed E-state index contributed by atoms with van der Waals surface area (Å²) in [5.41, 5.74) is -0.346. The van der Waals surface area contributed by atoms with E-state index in [2.05, 4.69) is 31.3 Å². The Kier molecular flexibility index (Phi) is 25.3. The number of nitrogens with zero attached hydrogens (tertiary/aromatic N) is 7. The normalized spacial score (nSPS) is 35.0. The predicted octanol–water partition coefficient (Wildman–Crippen LogP) is 1.62. The topological polar surface area (TPSA) is 404 Å². The molecular formula is C68H92F5N9O20. The van der Waals surface area contributed by atoms with Crippen molar-refractivity contribution in [2.75, 3.05) is 32.8 Å². The highest BCUT2D eigenvalue weighted by atomic mass is 19.2. The van der Waals surface area contributed by atoms with Crippen LogP contribution in [0.25, 0.3) is 22.5 Å². The number of hydrogen-bond acceptors (Lipinski definition) is 24. The molecule has 2 aromatic carbocycles. The summed E-state index contributed by atoms with van der Waals surface area (Å²) in [6.45, 7) is 5.18. The van der Waals surface area contributed by atoms with E-state index >= 15 is 0 Å². The summed E-state index contributed by atoms with van der Waals surface area (Å²) in [4.78, 5) is 58.3. The number of nitrogens with one attached hydrogen (secondary N) is 2. The first-order chi connectivity index (χ1) is 48.7. The molecule has 6 heterocycles. The number of aliphatic hydroxyl groups excluding tert-OH is 9. The average Bonchev–Trinajstić information content (AvgIpc) is 1.00. The van der Waals surface area contributed by atoms with Crippen LogP contribution in [0, 0.1) is 59.7 Å². The van der Waals surface area contributed by atoms with Gasteiger partial charge in [-0.2, -0.15) is 0 Å². The molecule has 4 aliphatic heterocycles. The van der Waals surface area contributed by atoms with Crippen molar-refractivity contribution in [2.45, 2.75) is 246 Å². The molecule has 3 amide bonds. The number of carbonyl (C=O) groups is 4. The smallest absolute Gasteiger partial charge is 0.251 e. The highest BCUT2D eigenvalue weighted by Gasteiger charge is 2.55. The fraction of sp³-hybridized carbons (Fsp3) is 0.706. The molecule has 11 rings (SSSR count). The lowest BCUT2D eigenvalue weighted by Crippen LogP contribution is -2.67. The Hall–Kier alpha value is -6.19. The number of ether oxygens (including phenoxy) is 7. The molecule has 102 heavy (non-hydrogen) atoms. The second kappa shape index (κ2) is 33.5. The Morgan fingerprint density at radius 2 is 1.26 bits per heavy atom. The van der Waals surface area contributed by atoms with Crippen molar-refractivity contribution >= 4 is 23.5 Å². The molecule has 7 aliphatic rings. The fourth-order valence-corrected chi connectivity index (χ4v) is 15.4. The number of halogens is 5. The number of ketones is 1. The van der Waals surface area contributed by atoms with E-state index in [1.807, 2.05) is 6.92 Å². The van der Waals surface area contributed by atoms with Gasteiger partial charge in [0.05, 0.1) is 56.1 Å². The maximum absolute atomic E-state index is 14.7. The molecule has 24 atom stereocenters. The van der Waals surface area contributed by atoms with E-state index in [0.29, 0.717) is 38.1 Å². The Morgan fingerprint density at radius 3 is 1.90 bits per heavy atom. The molecule has 34 heteroatoms. The summed E-state index contributed by atoms with van der Waals surface area (Å²) in [6, 6.07) is -0.542. The summed E-state index contributed by atoms with van der Waals surface area (Å²) in [6.07, 6.45) is -18.6. The fourth-order valence-electron chi connectivity index (χ4n) is 15.4. The zero-order chi connectivity index (χ0) is 73.1. The minimum Gasteiger partial charge on any atom is -0.394 e. The molecule has 7 fully saturated rings. The van der Waals surface area contributed by atoms with Gasteiger partial charge in [-0.25, -0.2) is 31.3 Å². The molecule has 3 saturated carbocycles. The molecule has 10 unspecified atom stereocenters. The van der Waals surface area contributed by atoms with Crippen LogP contribution in [-0.2, 0) is 52.3 Å². The van der Waals surface area contributed by atoms with E-state index in [-0.39, 0.29) is 90.8 Å². The Bertz CT molecular complexity index is 3490. The van der Waals surface area contributed by atoms with Crippen LogP contribution < -0.4 is 10.6 Å². The van der Waals surface area contributed by atoms with Crippen LogP contribution in [-0.4, -0.2) is 254 Å². The number of carbonyl (C=O) groups excluding carboxylic acids is 4. The second-order valence-electron chi connectivity index (χ2n) is 28.2. The van der Waals surface area contributed by atoms with Gasteiger partial charge in [-0.1, -0.05) is 55.9 Å². The largest absolute Gasteiger partial charge is 0.394 e. The van der Waals surface area contributed by atoms with Crippen LogP contribution in [0.1, 0.15) is 128 Å². The van der Waals surface area contributed by atoms with Gasteiger partial charge in [0.25, 0.3) is 5.91 Å². The Balaban J connectivity index is 0.812. The van der Waals surface area contributed by atoms with E-state index in [4.69, 9.17) is 33.2 Å². The van der Waals surface area contributed by atoms with Gasteiger partial charge in [0, 0.05) is 55.9 Å². The van der Waals surface area contributed by atoms with Crippen molar-refractivity contribution in [3.8, 4) is 22.5 Å². The van der Waals surface area contributed by atoms with E-state index < -0.39 is 200 Å². The number of Topliss-reactive ketones (excluding diaryl/α,β-unsaturated/α-hetero) is 1. The van der Waals surface area contributed by atoms with Gasteiger partial charge in [0.1, 0.15) is 96.4 Å². The Morgan fingerprint density at radius 1 is 0.657 bits per heavy atom. The summed E-state index contributed by atoms with van der Waals surface area (Å²) >= 11 is 0. The summed E-state index contributed by atoms with van der Waals surface area (Å²) in [5, 5.41) is 123. The average molecular weight is 1450 g/mol. The number of amides is 3. The highest BCUT2D eigenvalue weighted by molar-refractivity contribution is 5.82. The van der Waals surface area contributed by atoms with E-state index in [1.54, 1.807) is 4.90 Å². The molecule has 0 bridgehead atoms. The quantitative estimate of drug-likeness (QED) is 0.0255. The highest BCUT2D eigenvalue weighted by Crippen LogP contribution is 2.43. The number of hydrogen-bond donors (Lipinski definition) is 11. The SMILES string of the molecule is CC[C@@H]1CC(C(=O)CCCNC(=O)[C@H]2CC(n3cc(-c4cc(F)c(F)c(F)c4)nn3)C(O)[C@H](O[C@@H]3OC(CO)[C@H](O)[C@@H](n4cc(-c5cc(C)c(F)c(F)c5)nn4)C3O)C2)C[C@@H](O[C@@H]2O[C@@H](CO)[C@H](O)C(O[C@@H](CC3CCCCC3)C(=O)N3CCC3)C2NC(C)=O)C1O[C@@H]1OC(C)[C@@H](O)[C@H](O)C1O. The first-order valence-electron chi connectivity index (χ1n) is 35.1. The maximum Gasteiger partial charge on any atom is 0.251 e. The third-order valence-electron chi connectivity index (χ3n) is 21.3. The monoisotopic (exact) mass is 1450 g/mol. The molecule has 564 valence electrons. The van der Waals surface area contributed by atoms with Gasteiger partial charge in [0.2, 0.25) is 11.8 Å². The summed E-state index contributed by atoms with van der Waals surface area (Å²) in [7, 11) is 0. The van der Waals surface area contributed by atoms with E-state index in [0.717, 1.165) is 54.0 Å². The number of benzene rings is 2. The van der Waals surface area contributed by atoms with E-state index in [1.165, 1.54) is 39.2 Å². The van der Waals surface area contributed by atoms with Crippen molar-refractivity contribution in [2.24, 2.45) is 23.7 Å². The first-order valence-corrected chi connectivity index (χ1v) is 35.1. The van der Waals surface area contributed by atoms with Crippen molar-refractivity contribution in [3.63, 3.8) is 0 Å². The molecule has 0 spiro atoms. The van der Waals surface area contributed by atoms with Crippen LogP contribution in [0.15, 0.2) is 36.7 Å². The predicted molar refractivity (Wildman–Crippen MR) is 341 cm³/mol. The molecule has 2 aromatic heterocycles. The van der Waals surface area contributed by atoms with E-state index in [9.17, 15) is 87.1 Å². The third kappa shape index (κ3) is 16.9. The van der Waals surface area contributed by atoms with Crippen molar-refractivity contribution in [3.05, 3.63) is 71.3 Å². The number of likely N-dealkylation sites (tertiary alicyclic amines) is 1. The van der Waals surface area contributed by atoms with Crippen LogP contribution >= 0.6 is 0 Å². The van der Waals surface area contributed by atoms with Gasteiger partial charge in [-0.05, 0) is 100 Å². The number of aromatic nitrogens is 6. The van der Waals surface area contributed by atoms with Gasteiger partial charge in [-0.3, -0.25) is 19.2 Å². The van der Waals surface area contributed by atoms with Crippen LogP contribution in [0.3, 0.4) is 0 Å². The lowest BCUT2D eigenvalue weighted by molar-refractivity contribution is -0.338.